The molecule has 0 atom stereocenters. The van der Waals surface area contributed by atoms with Crippen molar-refractivity contribution in [1.29, 1.82) is 0 Å². The van der Waals surface area contributed by atoms with Crippen molar-refractivity contribution in [2.75, 3.05) is 20.2 Å². The number of hydrogen-bond acceptors (Lipinski definition) is 3. The number of methoxy groups -OCH3 is 1. The maximum absolute atomic E-state index is 13.6. The van der Waals surface area contributed by atoms with Crippen molar-refractivity contribution in [3.05, 3.63) is 53.9 Å². The molecule has 1 aromatic heterocycles. The molecular formula is C28H43N3O3. The molecule has 1 aromatic carbocycles. The predicted molar refractivity (Wildman–Crippen MR) is 138 cm³/mol. The minimum atomic E-state index is -0.535. The topological polar surface area (TPSA) is 54.8 Å². The van der Waals surface area contributed by atoms with E-state index in [2.05, 4.69) is 30.5 Å². The quantitative estimate of drug-likeness (QED) is 0.507. The first-order chi connectivity index (χ1) is 15.7. The van der Waals surface area contributed by atoms with Crippen LogP contribution in [0, 0.1) is 11.3 Å². The fraction of sp³-hybridized carbons (Fsp3) is 0.571. The van der Waals surface area contributed by atoms with Crippen molar-refractivity contribution in [3.63, 3.8) is 0 Å². The van der Waals surface area contributed by atoms with Crippen molar-refractivity contribution in [2.24, 2.45) is 11.3 Å². The van der Waals surface area contributed by atoms with Crippen LogP contribution in [-0.4, -0.2) is 51.9 Å². The van der Waals surface area contributed by atoms with Crippen LogP contribution in [-0.2, 0) is 22.7 Å². The van der Waals surface area contributed by atoms with E-state index in [1.165, 1.54) is 0 Å². The number of hydrogen-bond donors (Lipinski definition) is 0. The normalized spacial score (nSPS) is 12.1. The third kappa shape index (κ3) is 7.64. The molecule has 0 aliphatic rings. The van der Waals surface area contributed by atoms with E-state index in [-0.39, 0.29) is 24.3 Å². The van der Waals surface area contributed by atoms with Crippen LogP contribution in [0.15, 0.2) is 42.6 Å². The second kappa shape index (κ2) is 11.1. The molecule has 0 N–H and O–H groups in total. The molecule has 0 fully saturated rings. The van der Waals surface area contributed by atoms with Crippen LogP contribution in [0.4, 0.5) is 0 Å². The summed E-state index contributed by atoms with van der Waals surface area (Å²) >= 11 is 0. The fourth-order valence-corrected chi connectivity index (χ4v) is 3.96. The van der Waals surface area contributed by atoms with Crippen LogP contribution < -0.4 is 4.74 Å². The molecule has 0 aliphatic heterocycles. The molecule has 0 saturated carbocycles. The monoisotopic (exact) mass is 469 g/mol. The average Bonchev–Trinajstić information content (AvgIpc) is 3.15. The molecule has 2 aromatic rings. The van der Waals surface area contributed by atoms with E-state index in [1.807, 2.05) is 76.9 Å². The Morgan fingerprint density at radius 2 is 1.71 bits per heavy atom. The van der Waals surface area contributed by atoms with Crippen molar-refractivity contribution in [2.45, 2.75) is 74.0 Å². The van der Waals surface area contributed by atoms with Gasteiger partial charge in [-0.25, -0.2) is 0 Å². The Hall–Kier alpha value is -2.76. The van der Waals surface area contributed by atoms with Crippen LogP contribution in [0.1, 0.15) is 66.6 Å². The summed E-state index contributed by atoms with van der Waals surface area (Å²) in [6, 6.07) is 12.1. The zero-order valence-corrected chi connectivity index (χ0v) is 22.5. The number of amides is 2. The van der Waals surface area contributed by atoms with Gasteiger partial charge in [0.2, 0.25) is 11.8 Å². The minimum absolute atomic E-state index is 0.00445. The van der Waals surface area contributed by atoms with Crippen LogP contribution in [0.5, 0.6) is 5.75 Å². The maximum Gasteiger partial charge on any atom is 0.242 e. The van der Waals surface area contributed by atoms with Crippen LogP contribution in [0.2, 0.25) is 0 Å². The SMILES string of the molecule is COc1cccc(Cn2cccc2CN(C(=O)CN(CC(C)C)C(=O)C(C)(C)C)C(C)(C)C)c1. The number of aromatic nitrogens is 1. The summed E-state index contributed by atoms with van der Waals surface area (Å²) in [5, 5.41) is 0. The van der Waals surface area contributed by atoms with Crippen molar-refractivity contribution >= 4 is 11.8 Å². The van der Waals surface area contributed by atoms with Gasteiger partial charge in [0, 0.05) is 35.9 Å². The molecule has 0 unspecified atom stereocenters. The van der Waals surface area contributed by atoms with Gasteiger partial charge in [-0.1, -0.05) is 46.8 Å². The molecule has 0 bridgehead atoms. The summed E-state index contributed by atoms with van der Waals surface area (Å²) in [4.78, 5) is 30.3. The van der Waals surface area contributed by atoms with E-state index in [0.29, 0.717) is 19.6 Å². The molecule has 1 heterocycles. The molecule has 0 radical (unpaired) electrons. The molecule has 0 saturated heterocycles. The van der Waals surface area contributed by atoms with E-state index >= 15 is 0 Å². The highest BCUT2D eigenvalue weighted by Gasteiger charge is 2.33. The van der Waals surface area contributed by atoms with Gasteiger partial charge in [-0.3, -0.25) is 9.59 Å². The highest BCUT2D eigenvalue weighted by Crippen LogP contribution is 2.23. The maximum atomic E-state index is 13.6. The Morgan fingerprint density at radius 1 is 1.03 bits per heavy atom. The minimum Gasteiger partial charge on any atom is -0.497 e. The molecule has 34 heavy (non-hydrogen) atoms. The van der Waals surface area contributed by atoms with Gasteiger partial charge < -0.3 is 19.1 Å². The number of nitrogens with zero attached hydrogens (tertiary/aromatic N) is 3. The number of carbonyl (C=O) groups is 2. The van der Waals surface area contributed by atoms with Gasteiger partial charge >= 0.3 is 0 Å². The summed E-state index contributed by atoms with van der Waals surface area (Å²) in [5.41, 5.74) is 1.25. The molecule has 6 heteroatoms. The Labute approximate surface area is 205 Å². The lowest BCUT2D eigenvalue weighted by atomic mass is 9.94. The van der Waals surface area contributed by atoms with Crippen molar-refractivity contribution in [3.8, 4) is 5.75 Å². The lowest BCUT2D eigenvalue weighted by molar-refractivity contribution is -0.148. The van der Waals surface area contributed by atoms with Crippen LogP contribution in [0.3, 0.4) is 0 Å². The highest BCUT2D eigenvalue weighted by molar-refractivity contribution is 5.87. The first kappa shape index (κ1) is 27.5. The highest BCUT2D eigenvalue weighted by atomic mass is 16.5. The number of ether oxygens (including phenoxy) is 1. The van der Waals surface area contributed by atoms with Gasteiger partial charge in [-0.05, 0) is 56.5 Å². The van der Waals surface area contributed by atoms with E-state index < -0.39 is 11.0 Å². The van der Waals surface area contributed by atoms with Gasteiger partial charge in [-0.2, -0.15) is 0 Å². The first-order valence-electron chi connectivity index (χ1n) is 12.1. The number of benzene rings is 1. The second-order valence-corrected chi connectivity index (χ2v) is 11.5. The molecule has 0 spiro atoms. The van der Waals surface area contributed by atoms with E-state index in [9.17, 15) is 9.59 Å². The Kier molecular flexibility index (Phi) is 8.98. The summed E-state index contributed by atoms with van der Waals surface area (Å²) in [6.07, 6.45) is 2.04. The van der Waals surface area contributed by atoms with Gasteiger partial charge in [0.15, 0.2) is 0 Å². The van der Waals surface area contributed by atoms with Crippen LogP contribution >= 0.6 is 0 Å². The largest absolute Gasteiger partial charge is 0.497 e. The molecular weight excluding hydrogens is 426 g/mol. The molecule has 2 amide bonds. The number of carbonyl (C=O) groups excluding carboxylic acids is 2. The van der Waals surface area contributed by atoms with Gasteiger partial charge in [0.25, 0.3) is 0 Å². The third-order valence-corrected chi connectivity index (χ3v) is 5.68. The molecule has 0 aliphatic carbocycles. The summed E-state index contributed by atoms with van der Waals surface area (Å²) < 4.78 is 7.52. The van der Waals surface area contributed by atoms with E-state index in [1.54, 1.807) is 12.0 Å². The second-order valence-electron chi connectivity index (χ2n) is 11.5. The summed E-state index contributed by atoms with van der Waals surface area (Å²) in [6.45, 7) is 17.8. The van der Waals surface area contributed by atoms with E-state index in [4.69, 9.17) is 4.74 Å². The summed E-state index contributed by atoms with van der Waals surface area (Å²) in [5.74, 6) is 1.07. The zero-order chi connectivity index (χ0) is 25.7. The fourth-order valence-electron chi connectivity index (χ4n) is 3.96. The van der Waals surface area contributed by atoms with Gasteiger partial charge in [-0.15, -0.1) is 0 Å². The Balaban J connectivity index is 2.26. The van der Waals surface area contributed by atoms with Crippen LogP contribution in [0.25, 0.3) is 0 Å². The van der Waals surface area contributed by atoms with Crippen molar-refractivity contribution in [1.82, 2.24) is 14.4 Å². The standard InChI is InChI=1S/C28H43N3O3/c1-21(2)17-30(26(33)27(3,4)5)20-25(32)31(28(6,7)8)19-23-13-11-15-29(23)18-22-12-10-14-24(16-22)34-9/h10-16,21H,17-20H2,1-9H3. The Bertz CT molecular complexity index is 964. The number of rotatable bonds is 9. The predicted octanol–water partition coefficient (Wildman–Crippen LogP) is 5.20. The molecule has 2 rings (SSSR count). The lowest BCUT2D eigenvalue weighted by Crippen LogP contribution is -2.52. The summed E-state index contributed by atoms with van der Waals surface area (Å²) in [7, 11) is 1.67. The van der Waals surface area contributed by atoms with Gasteiger partial charge in [0.05, 0.1) is 20.2 Å². The molecule has 188 valence electrons. The molecule has 6 nitrogen and oxygen atoms in total. The van der Waals surface area contributed by atoms with Crippen molar-refractivity contribution < 1.29 is 14.3 Å². The first-order valence-corrected chi connectivity index (χ1v) is 12.1. The Morgan fingerprint density at radius 3 is 2.26 bits per heavy atom. The van der Waals surface area contributed by atoms with Gasteiger partial charge in [0.1, 0.15) is 5.75 Å². The smallest absolute Gasteiger partial charge is 0.242 e. The third-order valence-electron chi connectivity index (χ3n) is 5.68. The lowest BCUT2D eigenvalue weighted by Gasteiger charge is -2.38. The van der Waals surface area contributed by atoms with E-state index in [0.717, 1.165) is 17.0 Å². The average molecular weight is 470 g/mol. The zero-order valence-electron chi connectivity index (χ0n) is 22.5.